The molecule has 1 atom stereocenters. The molecule has 1 unspecified atom stereocenters. The molecule has 0 saturated heterocycles. The summed E-state index contributed by atoms with van der Waals surface area (Å²) in [5, 5.41) is 4.61. The van der Waals surface area contributed by atoms with Gasteiger partial charge in [-0.3, -0.25) is 0 Å². The predicted molar refractivity (Wildman–Crippen MR) is 74.1 cm³/mol. The summed E-state index contributed by atoms with van der Waals surface area (Å²) >= 11 is 6.03. The Morgan fingerprint density at radius 2 is 2.22 bits per heavy atom. The van der Waals surface area contributed by atoms with Crippen molar-refractivity contribution < 1.29 is 4.74 Å². The van der Waals surface area contributed by atoms with E-state index in [1.165, 1.54) is 17.5 Å². The highest BCUT2D eigenvalue weighted by atomic mass is 35.5. The highest BCUT2D eigenvalue weighted by Gasteiger charge is 2.33. The van der Waals surface area contributed by atoms with Gasteiger partial charge in [0, 0.05) is 23.7 Å². The van der Waals surface area contributed by atoms with Gasteiger partial charge in [-0.1, -0.05) is 17.7 Å². The van der Waals surface area contributed by atoms with E-state index in [2.05, 4.69) is 24.4 Å². The molecule has 3 rings (SSSR count). The fraction of sp³-hybridized carbons (Fsp3) is 0.600. The molecule has 0 heterocycles. The quantitative estimate of drug-likeness (QED) is 0.900. The van der Waals surface area contributed by atoms with Crippen LogP contribution in [-0.4, -0.2) is 18.8 Å². The van der Waals surface area contributed by atoms with Crippen LogP contribution in [-0.2, 0) is 11.2 Å². The normalized spacial score (nSPS) is 30.0. The second kappa shape index (κ2) is 5.20. The lowest BCUT2D eigenvalue weighted by molar-refractivity contribution is -0.0124. The first-order chi connectivity index (χ1) is 8.76. The number of aryl methyl sites for hydroxylation is 1. The van der Waals surface area contributed by atoms with Crippen molar-refractivity contribution in [2.24, 2.45) is 0 Å². The summed E-state index contributed by atoms with van der Waals surface area (Å²) in [6.45, 7) is 2.90. The lowest BCUT2D eigenvalue weighted by atomic mass is 9.88. The molecule has 0 aliphatic heterocycles. The SMILES string of the molecule is CCOC1CC(NC2CCc3cc(Cl)ccc32)C1. The number of fused-ring (bicyclic) bond motifs is 1. The van der Waals surface area contributed by atoms with Crippen molar-refractivity contribution in [3.8, 4) is 0 Å². The van der Waals surface area contributed by atoms with Gasteiger partial charge in [-0.15, -0.1) is 0 Å². The van der Waals surface area contributed by atoms with Crippen molar-refractivity contribution in [1.29, 1.82) is 0 Å². The summed E-state index contributed by atoms with van der Waals surface area (Å²) in [6.07, 6.45) is 5.15. The maximum atomic E-state index is 6.03. The van der Waals surface area contributed by atoms with E-state index in [0.717, 1.165) is 30.9 Å². The van der Waals surface area contributed by atoms with Crippen LogP contribution in [0.2, 0.25) is 5.02 Å². The Kier molecular flexibility index (Phi) is 3.60. The molecule has 1 saturated carbocycles. The third-order valence-electron chi connectivity index (χ3n) is 4.12. The molecule has 18 heavy (non-hydrogen) atoms. The largest absolute Gasteiger partial charge is 0.378 e. The van der Waals surface area contributed by atoms with Crippen LogP contribution in [0.1, 0.15) is 43.4 Å². The number of benzene rings is 1. The Labute approximate surface area is 114 Å². The maximum absolute atomic E-state index is 6.03. The van der Waals surface area contributed by atoms with Crippen LogP contribution in [0.15, 0.2) is 18.2 Å². The molecule has 1 N–H and O–H groups in total. The van der Waals surface area contributed by atoms with Crippen LogP contribution in [0.25, 0.3) is 0 Å². The standard InChI is InChI=1S/C15H20ClNO/c1-2-18-13-8-12(9-13)17-15-6-3-10-7-11(16)4-5-14(10)15/h4-5,7,12-13,15,17H,2-3,6,8-9H2,1H3. The second-order valence-corrected chi connectivity index (χ2v) is 5.78. The minimum absolute atomic E-state index is 0.485. The van der Waals surface area contributed by atoms with Gasteiger partial charge in [-0.2, -0.15) is 0 Å². The summed E-state index contributed by atoms with van der Waals surface area (Å²) in [7, 11) is 0. The number of hydrogen-bond acceptors (Lipinski definition) is 2. The van der Waals surface area contributed by atoms with E-state index in [0.29, 0.717) is 18.2 Å². The first-order valence-corrected chi connectivity index (χ1v) is 7.30. The number of nitrogens with one attached hydrogen (secondary N) is 1. The fourth-order valence-electron chi connectivity index (χ4n) is 3.12. The van der Waals surface area contributed by atoms with E-state index >= 15 is 0 Å². The average Bonchev–Trinajstić information content (AvgIpc) is 2.69. The highest BCUT2D eigenvalue weighted by Crippen LogP contribution is 2.35. The molecule has 98 valence electrons. The molecule has 1 fully saturated rings. The number of halogens is 1. The van der Waals surface area contributed by atoms with Gasteiger partial charge in [0.15, 0.2) is 0 Å². The molecule has 1 aromatic carbocycles. The molecule has 0 amide bonds. The van der Waals surface area contributed by atoms with E-state index in [1.807, 2.05) is 6.07 Å². The lowest BCUT2D eigenvalue weighted by Gasteiger charge is -2.37. The number of hydrogen-bond donors (Lipinski definition) is 1. The Hall–Kier alpha value is -0.570. The Morgan fingerprint density at radius 1 is 1.39 bits per heavy atom. The molecule has 2 aliphatic rings. The van der Waals surface area contributed by atoms with Crippen molar-refractivity contribution in [2.45, 2.75) is 50.8 Å². The first-order valence-electron chi connectivity index (χ1n) is 6.92. The lowest BCUT2D eigenvalue weighted by Crippen LogP contribution is -2.46. The number of rotatable bonds is 4. The molecule has 3 heteroatoms. The zero-order chi connectivity index (χ0) is 12.5. The molecule has 2 nitrogen and oxygen atoms in total. The van der Waals surface area contributed by atoms with Crippen molar-refractivity contribution in [3.05, 3.63) is 34.3 Å². The summed E-state index contributed by atoms with van der Waals surface area (Å²) < 4.78 is 5.60. The average molecular weight is 266 g/mol. The smallest absolute Gasteiger partial charge is 0.0604 e. The van der Waals surface area contributed by atoms with E-state index in [9.17, 15) is 0 Å². The van der Waals surface area contributed by atoms with Gasteiger partial charge in [0.25, 0.3) is 0 Å². The van der Waals surface area contributed by atoms with Crippen LogP contribution < -0.4 is 5.32 Å². The van der Waals surface area contributed by atoms with Crippen LogP contribution >= 0.6 is 11.6 Å². The number of ether oxygens (including phenoxy) is 1. The Morgan fingerprint density at radius 3 is 3.00 bits per heavy atom. The van der Waals surface area contributed by atoms with Gasteiger partial charge in [0.2, 0.25) is 0 Å². The van der Waals surface area contributed by atoms with Crippen LogP contribution in [0.4, 0.5) is 0 Å². The maximum Gasteiger partial charge on any atom is 0.0604 e. The van der Waals surface area contributed by atoms with Crippen LogP contribution in [0.5, 0.6) is 0 Å². The summed E-state index contributed by atoms with van der Waals surface area (Å²) in [5.41, 5.74) is 2.86. The first kappa shape index (κ1) is 12.5. The van der Waals surface area contributed by atoms with Gasteiger partial charge in [-0.25, -0.2) is 0 Å². The molecular formula is C15H20ClNO. The third kappa shape index (κ3) is 2.42. The summed E-state index contributed by atoms with van der Waals surface area (Å²) in [6, 6.07) is 7.45. The topological polar surface area (TPSA) is 21.3 Å². The predicted octanol–water partition coefficient (Wildman–Crippen LogP) is 3.48. The van der Waals surface area contributed by atoms with Crippen molar-refractivity contribution in [2.75, 3.05) is 6.61 Å². The fourth-order valence-corrected chi connectivity index (χ4v) is 3.31. The van der Waals surface area contributed by atoms with E-state index in [-0.39, 0.29) is 0 Å². The molecule has 1 aromatic rings. The Bertz CT molecular complexity index is 429. The summed E-state index contributed by atoms with van der Waals surface area (Å²) in [4.78, 5) is 0. The molecule has 0 radical (unpaired) electrons. The van der Waals surface area contributed by atoms with Crippen LogP contribution in [0, 0.1) is 0 Å². The zero-order valence-electron chi connectivity index (χ0n) is 10.8. The molecule has 0 spiro atoms. The highest BCUT2D eigenvalue weighted by molar-refractivity contribution is 6.30. The van der Waals surface area contributed by atoms with Crippen LogP contribution in [0.3, 0.4) is 0 Å². The van der Waals surface area contributed by atoms with E-state index in [1.54, 1.807) is 0 Å². The minimum atomic E-state index is 0.485. The van der Waals surface area contributed by atoms with E-state index in [4.69, 9.17) is 16.3 Å². The molecular weight excluding hydrogens is 246 g/mol. The Balaban J connectivity index is 1.57. The molecule has 0 aromatic heterocycles. The molecule has 2 aliphatic carbocycles. The van der Waals surface area contributed by atoms with Gasteiger partial charge in [0.1, 0.15) is 0 Å². The molecule has 0 bridgehead atoms. The minimum Gasteiger partial charge on any atom is -0.378 e. The van der Waals surface area contributed by atoms with Gasteiger partial charge < -0.3 is 10.1 Å². The van der Waals surface area contributed by atoms with Gasteiger partial charge >= 0.3 is 0 Å². The van der Waals surface area contributed by atoms with Crippen molar-refractivity contribution >= 4 is 11.6 Å². The van der Waals surface area contributed by atoms with Crippen molar-refractivity contribution in [3.63, 3.8) is 0 Å². The van der Waals surface area contributed by atoms with Gasteiger partial charge in [-0.05, 0) is 55.9 Å². The summed E-state index contributed by atoms with van der Waals surface area (Å²) in [5.74, 6) is 0. The van der Waals surface area contributed by atoms with Crippen molar-refractivity contribution in [1.82, 2.24) is 5.32 Å². The second-order valence-electron chi connectivity index (χ2n) is 5.35. The van der Waals surface area contributed by atoms with E-state index < -0.39 is 0 Å². The van der Waals surface area contributed by atoms with Gasteiger partial charge in [0.05, 0.1) is 6.10 Å². The monoisotopic (exact) mass is 265 g/mol. The third-order valence-corrected chi connectivity index (χ3v) is 4.35. The zero-order valence-corrected chi connectivity index (χ0v) is 11.5.